The van der Waals surface area contributed by atoms with Crippen LogP contribution < -0.4 is 10.6 Å². The van der Waals surface area contributed by atoms with Crippen molar-refractivity contribution in [1.82, 2.24) is 4.98 Å². The molecular formula is C17H25BF3N3O2. The summed E-state index contributed by atoms with van der Waals surface area (Å²) >= 11 is 0. The molecule has 0 radical (unpaired) electrons. The van der Waals surface area contributed by atoms with Crippen LogP contribution in [0.1, 0.15) is 37.7 Å². The molecule has 1 atom stereocenters. The fourth-order valence-electron chi connectivity index (χ4n) is 3.52. The van der Waals surface area contributed by atoms with E-state index in [2.05, 4.69) is 12.8 Å². The number of anilines is 1. The van der Waals surface area contributed by atoms with Gasteiger partial charge in [0.1, 0.15) is 19.2 Å². The van der Waals surface area contributed by atoms with Crippen LogP contribution in [0.25, 0.3) is 0 Å². The standard InChI is InChI=1S/C17H25BF3N3O2/c18-8-2-1-7-16(22,15(25)26)12-5-9-24(10-6-12)14-4-3-13(11-23-14)17(19,20)21/h3-4,11-12H,1-2,5-10,18,22H2,(H,25,26). The van der Waals surface area contributed by atoms with Gasteiger partial charge in [0.25, 0.3) is 0 Å². The first-order chi connectivity index (χ1) is 12.2. The zero-order valence-electron chi connectivity index (χ0n) is 14.9. The van der Waals surface area contributed by atoms with E-state index in [0.29, 0.717) is 38.2 Å². The molecule has 2 rings (SSSR count). The van der Waals surface area contributed by atoms with Crippen LogP contribution >= 0.6 is 0 Å². The number of alkyl halides is 3. The first-order valence-corrected chi connectivity index (χ1v) is 8.99. The summed E-state index contributed by atoms with van der Waals surface area (Å²) in [5.74, 6) is -0.650. The van der Waals surface area contributed by atoms with Crippen LogP contribution in [0.4, 0.5) is 19.0 Å². The predicted molar refractivity (Wildman–Crippen MR) is 95.9 cm³/mol. The summed E-state index contributed by atoms with van der Waals surface area (Å²) in [6, 6.07) is 2.38. The lowest BCUT2D eigenvalue weighted by Crippen LogP contribution is -2.57. The van der Waals surface area contributed by atoms with E-state index in [1.54, 1.807) is 0 Å². The van der Waals surface area contributed by atoms with Crippen molar-refractivity contribution < 1.29 is 23.1 Å². The summed E-state index contributed by atoms with van der Waals surface area (Å²) in [6.45, 7) is 1.06. The number of carbonyl (C=O) groups is 1. The molecule has 1 fully saturated rings. The molecule has 9 heteroatoms. The lowest BCUT2D eigenvalue weighted by Gasteiger charge is -2.40. The zero-order valence-corrected chi connectivity index (χ0v) is 14.9. The maximum absolute atomic E-state index is 12.6. The summed E-state index contributed by atoms with van der Waals surface area (Å²) in [4.78, 5) is 17.5. The number of nitrogens with zero attached hydrogens (tertiary/aromatic N) is 2. The minimum Gasteiger partial charge on any atom is -0.480 e. The first-order valence-electron chi connectivity index (χ1n) is 8.99. The van der Waals surface area contributed by atoms with E-state index in [4.69, 9.17) is 5.73 Å². The molecule has 2 heterocycles. The van der Waals surface area contributed by atoms with Crippen molar-refractivity contribution in [3.63, 3.8) is 0 Å². The van der Waals surface area contributed by atoms with Crippen molar-refractivity contribution in [3.05, 3.63) is 23.9 Å². The molecule has 144 valence electrons. The molecule has 26 heavy (non-hydrogen) atoms. The average Bonchev–Trinajstić information content (AvgIpc) is 2.61. The second-order valence-corrected chi connectivity index (χ2v) is 6.97. The van der Waals surface area contributed by atoms with Crippen molar-refractivity contribution in [1.29, 1.82) is 0 Å². The van der Waals surface area contributed by atoms with Crippen LogP contribution in [-0.2, 0) is 11.0 Å². The van der Waals surface area contributed by atoms with Crippen molar-refractivity contribution >= 4 is 19.6 Å². The Hall–Kier alpha value is -1.77. The number of aliphatic carboxylic acids is 1. The van der Waals surface area contributed by atoms with E-state index in [9.17, 15) is 23.1 Å². The third-order valence-corrected chi connectivity index (χ3v) is 5.21. The van der Waals surface area contributed by atoms with E-state index in [-0.39, 0.29) is 5.92 Å². The van der Waals surface area contributed by atoms with Gasteiger partial charge in [0, 0.05) is 19.3 Å². The smallest absolute Gasteiger partial charge is 0.417 e. The Kier molecular flexibility index (Phi) is 6.55. The van der Waals surface area contributed by atoms with Gasteiger partial charge in [0.2, 0.25) is 0 Å². The molecule has 5 nitrogen and oxygen atoms in total. The SMILES string of the molecule is BCCCCC(N)(C(=O)O)C1CCN(c2ccc(C(F)(F)F)cn2)CC1. The Balaban J connectivity index is 2.00. The molecule has 3 N–H and O–H groups in total. The average molecular weight is 371 g/mol. The highest BCUT2D eigenvalue weighted by Crippen LogP contribution is 2.33. The largest absolute Gasteiger partial charge is 0.480 e. The third-order valence-electron chi connectivity index (χ3n) is 5.21. The fraction of sp³-hybridized carbons (Fsp3) is 0.647. The summed E-state index contributed by atoms with van der Waals surface area (Å²) in [5.41, 5.74) is 4.23. The van der Waals surface area contributed by atoms with Crippen molar-refractivity contribution in [3.8, 4) is 0 Å². The Morgan fingerprint density at radius 3 is 2.42 bits per heavy atom. The van der Waals surface area contributed by atoms with E-state index in [1.165, 1.54) is 6.07 Å². The number of nitrogens with two attached hydrogens (primary N) is 1. The molecule has 1 aromatic rings. The van der Waals surface area contributed by atoms with Crippen molar-refractivity contribution in [2.45, 2.75) is 50.1 Å². The molecule has 0 aliphatic carbocycles. The Labute approximate surface area is 152 Å². The van der Waals surface area contributed by atoms with Gasteiger partial charge in [-0.1, -0.05) is 19.2 Å². The number of aromatic nitrogens is 1. The lowest BCUT2D eigenvalue weighted by atomic mass is 9.75. The number of piperidine rings is 1. The zero-order chi connectivity index (χ0) is 19.4. The quantitative estimate of drug-likeness (QED) is 0.568. The Morgan fingerprint density at radius 2 is 1.96 bits per heavy atom. The monoisotopic (exact) mass is 371 g/mol. The minimum atomic E-state index is -4.41. The Bertz CT molecular complexity index is 604. The van der Waals surface area contributed by atoms with E-state index in [1.807, 2.05) is 4.90 Å². The number of unbranched alkanes of at least 4 members (excludes halogenated alkanes) is 1. The second kappa shape index (κ2) is 8.29. The number of pyridine rings is 1. The van der Waals surface area contributed by atoms with Gasteiger partial charge in [0.05, 0.1) is 5.56 Å². The molecule has 1 unspecified atom stereocenters. The Morgan fingerprint density at radius 1 is 1.31 bits per heavy atom. The highest BCUT2D eigenvalue weighted by atomic mass is 19.4. The number of carboxylic acid groups (broad SMARTS) is 1. The van der Waals surface area contributed by atoms with Crippen LogP contribution in [0.3, 0.4) is 0 Å². The van der Waals surface area contributed by atoms with Gasteiger partial charge >= 0.3 is 12.1 Å². The molecule has 1 saturated heterocycles. The summed E-state index contributed by atoms with van der Waals surface area (Å²) in [7, 11) is 2.05. The molecule has 1 aliphatic rings. The first kappa shape index (κ1) is 20.5. The van der Waals surface area contributed by atoms with Gasteiger partial charge in [-0.05, 0) is 37.3 Å². The summed E-state index contributed by atoms with van der Waals surface area (Å²) < 4.78 is 37.9. The van der Waals surface area contributed by atoms with Crippen LogP contribution in [-0.4, -0.2) is 42.5 Å². The van der Waals surface area contributed by atoms with Gasteiger partial charge in [-0.15, -0.1) is 0 Å². The van der Waals surface area contributed by atoms with Gasteiger partial charge in [-0.25, -0.2) is 4.98 Å². The van der Waals surface area contributed by atoms with Crippen molar-refractivity contribution in [2.75, 3.05) is 18.0 Å². The number of hydrogen-bond acceptors (Lipinski definition) is 4. The van der Waals surface area contributed by atoms with Crippen LogP contribution in [0, 0.1) is 5.92 Å². The van der Waals surface area contributed by atoms with Gasteiger partial charge in [-0.3, -0.25) is 4.79 Å². The van der Waals surface area contributed by atoms with Gasteiger partial charge in [0.15, 0.2) is 0 Å². The number of carboxylic acids is 1. The van der Waals surface area contributed by atoms with Gasteiger partial charge in [-0.2, -0.15) is 13.2 Å². The van der Waals surface area contributed by atoms with Crippen LogP contribution in [0.15, 0.2) is 18.3 Å². The predicted octanol–water partition coefficient (Wildman–Crippen LogP) is 2.32. The van der Waals surface area contributed by atoms with E-state index >= 15 is 0 Å². The lowest BCUT2D eigenvalue weighted by molar-refractivity contribution is -0.146. The van der Waals surface area contributed by atoms with Crippen LogP contribution in [0.5, 0.6) is 0 Å². The normalized spacial score (nSPS) is 18.5. The fourth-order valence-corrected chi connectivity index (χ4v) is 3.52. The minimum absolute atomic E-state index is 0.150. The summed E-state index contributed by atoms with van der Waals surface area (Å²) in [6.07, 6.45) is 0.747. The second-order valence-electron chi connectivity index (χ2n) is 6.97. The maximum atomic E-state index is 12.6. The van der Waals surface area contributed by atoms with E-state index in [0.717, 1.165) is 31.4 Å². The molecule has 1 aliphatic heterocycles. The van der Waals surface area contributed by atoms with Crippen molar-refractivity contribution in [2.24, 2.45) is 11.7 Å². The van der Waals surface area contributed by atoms with E-state index < -0.39 is 23.2 Å². The summed E-state index contributed by atoms with van der Waals surface area (Å²) in [5, 5.41) is 9.62. The van der Waals surface area contributed by atoms with Crippen LogP contribution in [0.2, 0.25) is 6.32 Å². The maximum Gasteiger partial charge on any atom is 0.417 e. The molecule has 1 aromatic heterocycles. The molecule has 0 bridgehead atoms. The topological polar surface area (TPSA) is 79.5 Å². The van der Waals surface area contributed by atoms with Gasteiger partial charge < -0.3 is 15.7 Å². The molecule has 0 amide bonds. The highest BCUT2D eigenvalue weighted by Gasteiger charge is 2.43. The number of rotatable bonds is 7. The highest BCUT2D eigenvalue weighted by molar-refractivity contribution is 6.08. The number of halogens is 3. The molecule has 0 spiro atoms. The molecular weight excluding hydrogens is 346 g/mol. The molecule has 0 aromatic carbocycles. The molecule has 0 saturated carbocycles. The third kappa shape index (κ3) is 4.69. The number of hydrogen-bond donors (Lipinski definition) is 2.